The van der Waals surface area contributed by atoms with E-state index in [1.807, 2.05) is 31.2 Å². The highest BCUT2D eigenvalue weighted by Gasteiger charge is 2.44. The van der Waals surface area contributed by atoms with E-state index in [0.717, 1.165) is 30.5 Å². The Hall–Kier alpha value is -2.70. The summed E-state index contributed by atoms with van der Waals surface area (Å²) in [6, 6.07) is 12.0. The zero-order chi connectivity index (χ0) is 21.1. The lowest BCUT2D eigenvalue weighted by atomic mass is 9.98. The van der Waals surface area contributed by atoms with Gasteiger partial charge in [0, 0.05) is 5.41 Å². The van der Waals surface area contributed by atoms with E-state index in [4.69, 9.17) is 14.6 Å². The molecular formula is C22H23F3O4. The third-order valence-electron chi connectivity index (χ3n) is 5.16. The molecule has 0 aliphatic heterocycles. The van der Waals surface area contributed by atoms with Crippen molar-refractivity contribution < 1.29 is 32.5 Å². The van der Waals surface area contributed by atoms with Gasteiger partial charge in [0.05, 0.1) is 25.2 Å². The second-order valence-corrected chi connectivity index (χ2v) is 7.67. The summed E-state index contributed by atoms with van der Waals surface area (Å²) in [5.41, 5.74) is 0.111. The number of aliphatic carboxylic acids is 1. The predicted molar refractivity (Wildman–Crippen MR) is 101 cm³/mol. The lowest BCUT2D eigenvalue weighted by molar-refractivity contribution is -0.138. The van der Waals surface area contributed by atoms with Crippen molar-refractivity contribution >= 4 is 5.97 Å². The third kappa shape index (κ3) is 5.89. The average Bonchev–Trinajstić information content (AvgIpc) is 3.45. The van der Waals surface area contributed by atoms with Gasteiger partial charge in [-0.3, -0.25) is 4.79 Å². The fraction of sp³-hybridized carbons (Fsp3) is 0.409. The predicted octanol–water partition coefficient (Wildman–Crippen LogP) is 5.52. The van der Waals surface area contributed by atoms with E-state index in [0.29, 0.717) is 24.7 Å². The molecule has 7 heteroatoms. The number of benzene rings is 2. The van der Waals surface area contributed by atoms with E-state index in [1.165, 1.54) is 12.1 Å². The molecule has 1 fully saturated rings. The monoisotopic (exact) mass is 408 g/mol. The van der Waals surface area contributed by atoms with Gasteiger partial charge in [0.1, 0.15) is 11.5 Å². The van der Waals surface area contributed by atoms with E-state index in [2.05, 4.69) is 0 Å². The molecule has 2 aromatic rings. The number of ether oxygens (including phenoxy) is 2. The van der Waals surface area contributed by atoms with Gasteiger partial charge in [-0.25, -0.2) is 0 Å². The van der Waals surface area contributed by atoms with Crippen LogP contribution in [0.5, 0.6) is 11.5 Å². The van der Waals surface area contributed by atoms with E-state index in [1.54, 1.807) is 0 Å². The van der Waals surface area contributed by atoms with Crippen LogP contribution in [-0.2, 0) is 11.0 Å². The SMILES string of the molecule is CC(CC(=O)O)c1ccc(OCC2(COc3ccc(C(F)(F)F)cc3)CC2)cc1. The van der Waals surface area contributed by atoms with Gasteiger partial charge in [0.15, 0.2) is 0 Å². The first-order valence-corrected chi connectivity index (χ1v) is 9.42. The van der Waals surface area contributed by atoms with E-state index >= 15 is 0 Å². The Kier molecular flexibility index (Phi) is 6.05. The third-order valence-corrected chi connectivity index (χ3v) is 5.16. The lowest BCUT2D eigenvalue weighted by Crippen LogP contribution is -2.21. The maximum absolute atomic E-state index is 12.6. The molecular weight excluding hydrogens is 385 g/mol. The first-order valence-electron chi connectivity index (χ1n) is 9.42. The zero-order valence-corrected chi connectivity index (χ0v) is 16.0. The number of rotatable bonds is 9. The van der Waals surface area contributed by atoms with Crippen LogP contribution in [0.1, 0.15) is 43.2 Å². The van der Waals surface area contributed by atoms with Crippen LogP contribution >= 0.6 is 0 Å². The highest BCUT2D eigenvalue weighted by molar-refractivity contribution is 5.68. The van der Waals surface area contributed by atoms with Crippen LogP contribution in [0.2, 0.25) is 0 Å². The Morgan fingerprint density at radius 2 is 1.48 bits per heavy atom. The highest BCUT2D eigenvalue weighted by atomic mass is 19.4. The second-order valence-electron chi connectivity index (χ2n) is 7.67. The van der Waals surface area contributed by atoms with Gasteiger partial charge in [-0.15, -0.1) is 0 Å². The zero-order valence-electron chi connectivity index (χ0n) is 16.0. The molecule has 0 aromatic heterocycles. The fourth-order valence-corrected chi connectivity index (χ4v) is 2.99. The van der Waals surface area contributed by atoms with Crippen molar-refractivity contribution in [3.05, 3.63) is 59.7 Å². The van der Waals surface area contributed by atoms with Crippen LogP contribution in [0.15, 0.2) is 48.5 Å². The van der Waals surface area contributed by atoms with Gasteiger partial charge in [-0.05, 0) is 60.7 Å². The summed E-state index contributed by atoms with van der Waals surface area (Å²) in [5.74, 6) is 0.188. The number of carbonyl (C=O) groups is 1. The molecule has 0 spiro atoms. The molecule has 2 aromatic carbocycles. The molecule has 4 nitrogen and oxygen atoms in total. The fourth-order valence-electron chi connectivity index (χ4n) is 2.99. The molecule has 0 bridgehead atoms. The molecule has 3 rings (SSSR count). The largest absolute Gasteiger partial charge is 0.493 e. The van der Waals surface area contributed by atoms with Gasteiger partial charge in [-0.2, -0.15) is 13.2 Å². The second kappa shape index (κ2) is 8.35. The minimum Gasteiger partial charge on any atom is -0.493 e. The Balaban J connectivity index is 1.49. The molecule has 0 saturated heterocycles. The van der Waals surface area contributed by atoms with Crippen LogP contribution in [-0.4, -0.2) is 24.3 Å². The molecule has 0 radical (unpaired) electrons. The summed E-state index contributed by atoms with van der Waals surface area (Å²) < 4.78 is 49.4. The average molecular weight is 408 g/mol. The quantitative estimate of drug-likeness (QED) is 0.593. The van der Waals surface area contributed by atoms with Crippen molar-refractivity contribution in [3.8, 4) is 11.5 Å². The van der Waals surface area contributed by atoms with E-state index < -0.39 is 17.7 Å². The first kappa shape index (κ1) is 21.0. The summed E-state index contributed by atoms with van der Waals surface area (Å²) in [4.78, 5) is 10.8. The van der Waals surface area contributed by atoms with Crippen LogP contribution < -0.4 is 9.47 Å². The summed E-state index contributed by atoms with van der Waals surface area (Å²) in [5, 5.41) is 8.88. The molecule has 1 aliphatic carbocycles. The minimum atomic E-state index is -4.36. The first-order chi connectivity index (χ1) is 13.7. The number of alkyl halides is 3. The van der Waals surface area contributed by atoms with Crippen molar-refractivity contribution in [1.82, 2.24) is 0 Å². The van der Waals surface area contributed by atoms with Crippen molar-refractivity contribution in [3.63, 3.8) is 0 Å². The van der Waals surface area contributed by atoms with Gasteiger partial charge in [0.2, 0.25) is 0 Å². The summed E-state index contributed by atoms with van der Waals surface area (Å²) in [7, 11) is 0. The molecule has 0 amide bonds. The van der Waals surface area contributed by atoms with E-state index in [-0.39, 0.29) is 17.8 Å². The van der Waals surface area contributed by atoms with Crippen LogP contribution in [0.3, 0.4) is 0 Å². The lowest BCUT2D eigenvalue weighted by Gasteiger charge is -2.18. The molecule has 1 atom stereocenters. The standard InChI is InChI=1S/C22H23F3O4/c1-15(12-20(26)27)16-2-6-18(7-3-16)28-13-21(10-11-21)14-29-19-8-4-17(5-9-19)22(23,24)25/h2-9,15H,10-14H2,1H3,(H,26,27). The topological polar surface area (TPSA) is 55.8 Å². The van der Waals surface area contributed by atoms with Crippen molar-refractivity contribution in [2.24, 2.45) is 5.41 Å². The molecule has 1 N–H and O–H groups in total. The number of hydrogen-bond donors (Lipinski definition) is 1. The van der Waals surface area contributed by atoms with Gasteiger partial charge in [0.25, 0.3) is 0 Å². The highest BCUT2D eigenvalue weighted by Crippen LogP contribution is 2.46. The van der Waals surface area contributed by atoms with E-state index in [9.17, 15) is 18.0 Å². The normalized spacial score (nSPS) is 16.1. The molecule has 1 saturated carbocycles. The number of carboxylic acid groups (broad SMARTS) is 1. The van der Waals surface area contributed by atoms with Gasteiger partial charge >= 0.3 is 12.1 Å². The molecule has 0 heterocycles. The summed E-state index contributed by atoms with van der Waals surface area (Å²) in [6.45, 7) is 2.70. The van der Waals surface area contributed by atoms with Crippen molar-refractivity contribution in [2.45, 2.75) is 38.3 Å². The Bertz CT molecular complexity index is 825. The molecule has 29 heavy (non-hydrogen) atoms. The van der Waals surface area contributed by atoms with Crippen LogP contribution in [0.4, 0.5) is 13.2 Å². The van der Waals surface area contributed by atoms with Crippen molar-refractivity contribution in [1.29, 1.82) is 0 Å². The van der Waals surface area contributed by atoms with Crippen molar-refractivity contribution in [2.75, 3.05) is 13.2 Å². The maximum atomic E-state index is 12.6. The minimum absolute atomic E-state index is 0.0740. The molecule has 1 aliphatic rings. The Morgan fingerprint density at radius 1 is 1.00 bits per heavy atom. The van der Waals surface area contributed by atoms with Gasteiger partial charge < -0.3 is 14.6 Å². The number of carboxylic acids is 1. The Labute approximate surface area is 167 Å². The Morgan fingerprint density at radius 3 is 1.90 bits per heavy atom. The molecule has 1 unspecified atom stereocenters. The maximum Gasteiger partial charge on any atom is 0.416 e. The smallest absolute Gasteiger partial charge is 0.416 e. The number of hydrogen-bond acceptors (Lipinski definition) is 3. The summed E-state index contributed by atoms with van der Waals surface area (Å²) in [6.07, 6.45) is -2.42. The van der Waals surface area contributed by atoms with Crippen LogP contribution in [0.25, 0.3) is 0 Å². The van der Waals surface area contributed by atoms with Crippen LogP contribution in [0, 0.1) is 5.41 Å². The summed E-state index contributed by atoms with van der Waals surface area (Å²) >= 11 is 0. The van der Waals surface area contributed by atoms with Gasteiger partial charge in [-0.1, -0.05) is 19.1 Å². The number of halogens is 3. The molecule has 156 valence electrons.